The number of H-pyrrole nitrogens is 1. The molecule has 2 aromatic heterocycles. The molecular weight excluding hydrogens is 506 g/mol. The number of aromatic nitrogens is 2. The van der Waals surface area contributed by atoms with E-state index in [2.05, 4.69) is 51.6 Å². The molecule has 0 aliphatic carbocycles. The molecule has 3 aromatic rings. The van der Waals surface area contributed by atoms with Crippen molar-refractivity contribution in [2.45, 2.75) is 53.1 Å². The van der Waals surface area contributed by atoms with Crippen molar-refractivity contribution in [2.24, 2.45) is 11.3 Å². The molecule has 2 fully saturated rings. The predicted molar refractivity (Wildman–Crippen MR) is 156 cm³/mol. The van der Waals surface area contributed by atoms with Gasteiger partial charge in [-0.25, -0.2) is 0 Å². The van der Waals surface area contributed by atoms with Gasteiger partial charge in [0, 0.05) is 54.5 Å². The highest BCUT2D eigenvalue weighted by molar-refractivity contribution is 6.08. The first-order valence-corrected chi connectivity index (χ1v) is 14.2. The fourth-order valence-corrected chi connectivity index (χ4v) is 6.95. The maximum Gasteiger partial charge on any atom is 0.256 e. The van der Waals surface area contributed by atoms with Gasteiger partial charge in [0.2, 0.25) is 5.91 Å². The topological polar surface area (TPSA) is 99.7 Å². The van der Waals surface area contributed by atoms with Crippen LogP contribution in [0.4, 0.5) is 0 Å². The second-order valence-electron chi connectivity index (χ2n) is 12.0. The minimum Gasteiger partial charge on any atom is -0.496 e. The molecule has 0 spiro atoms. The zero-order valence-electron chi connectivity index (χ0n) is 24.5. The number of para-hydroxylation sites is 1. The van der Waals surface area contributed by atoms with Crippen LogP contribution in [-0.4, -0.2) is 71.5 Å². The van der Waals surface area contributed by atoms with Gasteiger partial charge in [0.1, 0.15) is 5.75 Å². The Morgan fingerprint density at radius 1 is 1.18 bits per heavy atom. The molecule has 4 heterocycles. The van der Waals surface area contributed by atoms with Crippen molar-refractivity contribution < 1.29 is 14.3 Å². The van der Waals surface area contributed by atoms with Gasteiger partial charge in [-0.2, -0.15) is 0 Å². The lowest BCUT2D eigenvalue weighted by Crippen LogP contribution is -2.61. The number of carbonyl (C=O) groups is 2. The van der Waals surface area contributed by atoms with E-state index in [1.165, 1.54) is 7.11 Å². The lowest BCUT2D eigenvalue weighted by molar-refractivity contribution is -0.151. The molecule has 0 saturated carbocycles. The minimum absolute atomic E-state index is 0.0628. The van der Waals surface area contributed by atoms with E-state index in [4.69, 9.17) is 4.74 Å². The van der Waals surface area contributed by atoms with Gasteiger partial charge in [-0.1, -0.05) is 18.2 Å². The second-order valence-corrected chi connectivity index (χ2v) is 12.0. The van der Waals surface area contributed by atoms with Crippen LogP contribution in [0.15, 0.2) is 35.1 Å². The van der Waals surface area contributed by atoms with Gasteiger partial charge in [0.25, 0.3) is 11.5 Å². The molecule has 2 N–H and O–H groups in total. The van der Waals surface area contributed by atoms with E-state index in [9.17, 15) is 14.4 Å². The molecule has 40 heavy (non-hydrogen) atoms. The molecule has 0 bridgehead atoms. The molecule has 2 saturated heterocycles. The number of likely N-dealkylation sites (tertiary alicyclic amines) is 2. The highest BCUT2D eigenvalue weighted by atomic mass is 16.5. The smallest absolute Gasteiger partial charge is 0.256 e. The minimum atomic E-state index is -0.270. The number of nitrogens with one attached hydrogen (secondary N) is 2. The van der Waals surface area contributed by atoms with Crippen LogP contribution in [0.1, 0.15) is 60.0 Å². The van der Waals surface area contributed by atoms with E-state index in [0.29, 0.717) is 28.5 Å². The number of aromatic amines is 1. The van der Waals surface area contributed by atoms with Crippen molar-refractivity contribution in [3.8, 4) is 5.75 Å². The maximum atomic E-state index is 13.6. The quantitative estimate of drug-likeness (QED) is 0.471. The Kier molecular flexibility index (Phi) is 7.52. The van der Waals surface area contributed by atoms with E-state index in [-0.39, 0.29) is 35.4 Å². The zero-order valence-corrected chi connectivity index (χ0v) is 24.5. The number of fused-ring (bicyclic) bond motifs is 1. The molecular formula is C31H41N5O4. The monoisotopic (exact) mass is 547 g/mol. The SMILES string of the molecule is COc1cc(C)[nH]c(=O)c1CNC(=O)c1c(C)n(C(C)C2CCN(C(=O)C3(C)CN(C)C3)CC2)c2ccccc12. The Hall–Kier alpha value is -3.59. The Labute approximate surface area is 235 Å². The van der Waals surface area contributed by atoms with Gasteiger partial charge >= 0.3 is 0 Å². The Morgan fingerprint density at radius 3 is 2.50 bits per heavy atom. The summed E-state index contributed by atoms with van der Waals surface area (Å²) in [7, 11) is 3.57. The summed E-state index contributed by atoms with van der Waals surface area (Å²) in [4.78, 5) is 46.3. The highest BCUT2D eigenvalue weighted by Crippen LogP contribution is 2.37. The Bertz CT molecular complexity index is 1490. The largest absolute Gasteiger partial charge is 0.496 e. The second kappa shape index (κ2) is 10.8. The molecule has 9 nitrogen and oxygen atoms in total. The summed E-state index contributed by atoms with van der Waals surface area (Å²) >= 11 is 0. The van der Waals surface area contributed by atoms with Crippen LogP contribution in [-0.2, 0) is 11.3 Å². The summed E-state index contributed by atoms with van der Waals surface area (Å²) in [6.45, 7) is 11.3. The number of methoxy groups -OCH3 is 1. The van der Waals surface area contributed by atoms with Crippen LogP contribution in [0.3, 0.4) is 0 Å². The number of nitrogens with zero attached hydrogens (tertiary/aromatic N) is 3. The van der Waals surface area contributed by atoms with E-state index in [1.54, 1.807) is 13.0 Å². The van der Waals surface area contributed by atoms with Crippen LogP contribution in [0.2, 0.25) is 0 Å². The van der Waals surface area contributed by atoms with Gasteiger partial charge in [0.15, 0.2) is 0 Å². The zero-order chi connectivity index (χ0) is 28.8. The first-order chi connectivity index (χ1) is 19.0. The van der Waals surface area contributed by atoms with Gasteiger partial charge in [-0.05, 0) is 65.6 Å². The lowest BCUT2D eigenvalue weighted by Gasteiger charge is -2.48. The first kappa shape index (κ1) is 28.0. The molecule has 214 valence electrons. The van der Waals surface area contributed by atoms with Crippen molar-refractivity contribution in [1.82, 2.24) is 24.7 Å². The molecule has 1 unspecified atom stereocenters. The van der Waals surface area contributed by atoms with Crippen LogP contribution >= 0.6 is 0 Å². The molecule has 2 aliphatic rings. The van der Waals surface area contributed by atoms with Crippen molar-refractivity contribution in [3.05, 3.63) is 63.2 Å². The normalized spacial score (nSPS) is 18.4. The Balaban J connectivity index is 1.35. The molecule has 9 heteroatoms. The summed E-state index contributed by atoms with van der Waals surface area (Å²) < 4.78 is 7.68. The predicted octanol–water partition coefficient (Wildman–Crippen LogP) is 3.64. The van der Waals surface area contributed by atoms with Crippen LogP contribution in [0, 0.1) is 25.2 Å². The third-order valence-electron chi connectivity index (χ3n) is 8.93. The number of piperidine rings is 1. The average Bonchev–Trinajstić information content (AvgIpc) is 3.22. The van der Waals surface area contributed by atoms with E-state index in [1.807, 2.05) is 25.1 Å². The maximum absolute atomic E-state index is 13.6. The summed E-state index contributed by atoms with van der Waals surface area (Å²) in [5.41, 5.74) is 3.11. The number of hydrogen-bond donors (Lipinski definition) is 2. The van der Waals surface area contributed by atoms with Crippen molar-refractivity contribution in [1.29, 1.82) is 0 Å². The average molecular weight is 548 g/mol. The molecule has 2 amide bonds. The standard InChI is InChI=1S/C31H41N5O4/c1-19-15-26(40-6)24(28(37)33-19)16-32-29(38)27-21(3)36(25-10-8-7-9-23(25)27)20(2)22-11-13-35(14-12-22)30(39)31(4)17-34(5)18-31/h7-10,15,20,22H,11-14,16-18H2,1-6H3,(H,32,38)(H,33,37). The van der Waals surface area contributed by atoms with Gasteiger partial charge < -0.3 is 29.4 Å². The first-order valence-electron chi connectivity index (χ1n) is 14.2. The third kappa shape index (κ3) is 4.91. The number of amides is 2. The van der Waals surface area contributed by atoms with E-state index < -0.39 is 0 Å². The number of pyridine rings is 1. The fourth-order valence-electron chi connectivity index (χ4n) is 6.95. The molecule has 1 atom stereocenters. The Morgan fingerprint density at radius 2 is 1.85 bits per heavy atom. The lowest BCUT2D eigenvalue weighted by atomic mass is 9.80. The van der Waals surface area contributed by atoms with Crippen molar-refractivity contribution in [2.75, 3.05) is 40.3 Å². The van der Waals surface area contributed by atoms with Gasteiger partial charge in [-0.15, -0.1) is 0 Å². The van der Waals surface area contributed by atoms with Crippen molar-refractivity contribution >= 4 is 22.7 Å². The van der Waals surface area contributed by atoms with Gasteiger partial charge in [-0.3, -0.25) is 14.4 Å². The van der Waals surface area contributed by atoms with Crippen LogP contribution in [0.5, 0.6) is 5.75 Å². The van der Waals surface area contributed by atoms with Crippen LogP contribution in [0.25, 0.3) is 10.9 Å². The molecule has 0 radical (unpaired) electrons. The number of benzene rings is 1. The van der Waals surface area contributed by atoms with Crippen LogP contribution < -0.4 is 15.6 Å². The third-order valence-corrected chi connectivity index (χ3v) is 8.93. The van der Waals surface area contributed by atoms with Crippen molar-refractivity contribution in [3.63, 3.8) is 0 Å². The summed E-state index contributed by atoms with van der Waals surface area (Å²) in [5, 5.41) is 3.85. The number of hydrogen-bond acceptors (Lipinski definition) is 5. The summed E-state index contributed by atoms with van der Waals surface area (Å²) in [6.07, 6.45) is 1.87. The highest BCUT2D eigenvalue weighted by Gasteiger charge is 2.46. The molecule has 5 rings (SSSR count). The summed E-state index contributed by atoms with van der Waals surface area (Å²) in [6, 6.07) is 9.91. The van der Waals surface area contributed by atoms with E-state index >= 15 is 0 Å². The fraction of sp³-hybridized carbons (Fsp3) is 0.516. The molecule has 2 aliphatic heterocycles. The number of carbonyl (C=O) groups excluding carboxylic acids is 2. The number of ether oxygens (including phenoxy) is 1. The molecule has 1 aromatic carbocycles. The van der Waals surface area contributed by atoms with E-state index in [0.717, 1.165) is 55.6 Å². The van der Waals surface area contributed by atoms with Gasteiger partial charge in [0.05, 0.1) is 30.2 Å². The number of aryl methyl sites for hydroxylation is 1. The summed E-state index contributed by atoms with van der Waals surface area (Å²) in [5.74, 6) is 0.905. The number of rotatable bonds is 7.